The molecule has 0 bridgehead atoms. The van der Waals surface area contributed by atoms with Gasteiger partial charge in [-0.3, -0.25) is 9.78 Å². The molecule has 0 saturated carbocycles. The number of hydrogen-bond acceptors (Lipinski definition) is 3. The van der Waals surface area contributed by atoms with Gasteiger partial charge in [0.15, 0.2) is 5.78 Å². The van der Waals surface area contributed by atoms with Gasteiger partial charge in [-0.15, -0.1) is 11.8 Å². The lowest BCUT2D eigenvalue weighted by Crippen LogP contribution is -2.15. The maximum absolute atomic E-state index is 12.5. The third-order valence-electron chi connectivity index (χ3n) is 2.99. The molecule has 0 aliphatic carbocycles. The van der Waals surface area contributed by atoms with Gasteiger partial charge >= 0.3 is 0 Å². The smallest absolute Gasteiger partial charge is 0.176 e. The van der Waals surface area contributed by atoms with E-state index in [1.165, 1.54) is 0 Å². The molecular formula is C16H17NOS. The Morgan fingerprint density at radius 1 is 1.16 bits per heavy atom. The standard InChI is InChI=1S/C16H17NOS/c1-11-4-5-12(2)15(10-11)16(18)13(3)19-14-6-8-17-9-7-14/h4-10,13H,1-3H3. The number of Topliss-reactive ketones (excluding diaryl/α,β-unsaturated/α-hetero) is 1. The van der Waals surface area contributed by atoms with E-state index in [2.05, 4.69) is 4.98 Å². The summed E-state index contributed by atoms with van der Waals surface area (Å²) in [6, 6.07) is 9.87. The third-order valence-corrected chi connectivity index (χ3v) is 4.10. The minimum atomic E-state index is -0.0945. The van der Waals surface area contributed by atoms with E-state index in [0.29, 0.717) is 0 Å². The summed E-state index contributed by atoms with van der Waals surface area (Å²) in [4.78, 5) is 17.5. The number of aryl methyl sites for hydroxylation is 2. The zero-order chi connectivity index (χ0) is 13.8. The molecule has 1 heterocycles. The van der Waals surface area contributed by atoms with Crippen LogP contribution in [-0.2, 0) is 0 Å². The van der Waals surface area contributed by atoms with Gasteiger partial charge in [-0.2, -0.15) is 0 Å². The minimum Gasteiger partial charge on any atom is -0.293 e. The number of carbonyl (C=O) groups excluding carboxylic acids is 1. The van der Waals surface area contributed by atoms with Crippen molar-refractivity contribution in [3.05, 3.63) is 59.4 Å². The Hall–Kier alpha value is -1.61. The van der Waals surface area contributed by atoms with Gasteiger partial charge < -0.3 is 0 Å². The van der Waals surface area contributed by atoms with Crippen LogP contribution in [0.25, 0.3) is 0 Å². The number of ketones is 1. The number of benzene rings is 1. The fourth-order valence-corrected chi connectivity index (χ4v) is 2.82. The number of hydrogen-bond donors (Lipinski definition) is 0. The zero-order valence-electron chi connectivity index (χ0n) is 11.4. The average molecular weight is 271 g/mol. The van der Waals surface area contributed by atoms with Crippen LogP contribution in [0, 0.1) is 13.8 Å². The predicted molar refractivity (Wildman–Crippen MR) is 79.8 cm³/mol. The second-order valence-corrected chi connectivity index (χ2v) is 6.04. The topological polar surface area (TPSA) is 30.0 Å². The van der Waals surface area contributed by atoms with Crippen molar-refractivity contribution in [2.45, 2.75) is 30.9 Å². The fourth-order valence-electron chi connectivity index (χ4n) is 1.89. The van der Waals surface area contributed by atoms with Gasteiger partial charge in [0.1, 0.15) is 0 Å². The summed E-state index contributed by atoms with van der Waals surface area (Å²) in [6.45, 7) is 5.95. The number of carbonyl (C=O) groups is 1. The molecule has 0 aliphatic heterocycles. The summed E-state index contributed by atoms with van der Waals surface area (Å²) < 4.78 is 0. The summed E-state index contributed by atoms with van der Waals surface area (Å²) in [5.74, 6) is 0.183. The van der Waals surface area contributed by atoms with E-state index < -0.39 is 0 Å². The second kappa shape index (κ2) is 6.02. The maximum Gasteiger partial charge on any atom is 0.176 e. The highest BCUT2D eigenvalue weighted by molar-refractivity contribution is 8.00. The second-order valence-electron chi connectivity index (χ2n) is 4.63. The van der Waals surface area contributed by atoms with E-state index >= 15 is 0 Å². The van der Waals surface area contributed by atoms with Crippen LogP contribution in [-0.4, -0.2) is 16.0 Å². The van der Waals surface area contributed by atoms with Crippen LogP contribution in [0.4, 0.5) is 0 Å². The zero-order valence-corrected chi connectivity index (χ0v) is 12.2. The fraction of sp³-hybridized carbons (Fsp3) is 0.250. The minimum absolute atomic E-state index is 0.0945. The van der Waals surface area contributed by atoms with Crippen molar-refractivity contribution in [2.75, 3.05) is 0 Å². The Morgan fingerprint density at radius 2 is 1.84 bits per heavy atom. The first-order valence-corrected chi connectivity index (χ1v) is 7.14. The predicted octanol–water partition coefficient (Wildman–Crippen LogP) is 4.06. The van der Waals surface area contributed by atoms with E-state index in [4.69, 9.17) is 0 Å². The van der Waals surface area contributed by atoms with E-state index in [-0.39, 0.29) is 11.0 Å². The van der Waals surface area contributed by atoms with Crippen LogP contribution in [0.5, 0.6) is 0 Å². The Balaban J connectivity index is 2.17. The lowest BCUT2D eigenvalue weighted by molar-refractivity contribution is 0.0993. The number of aromatic nitrogens is 1. The van der Waals surface area contributed by atoms with Gasteiger partial charge in [-0.05, 0) is 44.5 Å². The Morgan fingerprint density at radius 3 is 2.53 bits per heavy atom. The summed E-state index contributed by atoms with van der Waals surface area (Å²) in [5, 5.41) is -0.0945. The molecule has 0 N–H and O–H groups in total. The molecule has 0 aliphatic rings. The van der Waals surface area contributed by atoms with Crippen LogP contribution in [0.2, 0.25) is 0 Å². The van der Waals surface area contributed by atoms with E-state index in [1.807, 2.05) is 51.1 Å². The van der Waals surface area contributed by atoms with E-state index in [1.54, 1.807) is 24.2 Å². The Labute approximate surface area is 118 Å². The van der Waals surface area contributed by atoms with Crippen molar-refractivity contribution in [1.29, 1.82) is 0 Å². The first-order chi connectivity index (χ1) is 9.08. The lowest BCUT2D eigenvalue weighted by Gasteiger charge is -2.12. The van der Waals surface area contributed by atoms with Gasteiger partial charge in [0.25, 0.3) is 0 Å². The van der Waals surface area contributed by atoms with Gasteiger partial charge in [0, 0.05) is 22.9 Å². The molecule has 1 unspecified atom stereocenters. The quantitative estimate of drug-likeness (QED) is 0.620. The molecule has 2 nitrogen and oxygen atoms in total. The molecule has 0 saturated heterocycles. The van der Waals surface area contributed by atoms with Crippen LogP contribution >= 0.6 is 11.8 Å². The number of pyridine rings is 1. The average Bonchev–Trinajstić information content (AvgIpc) is 2.42. The van der Waals surface area contributed by atoms with Crippen LogP contribution < -0.4 is 0 Å². The van der Waals surface area contributed by atoms with Gasteiger partial charge in [0.2, 0.25) is 0 Å². The highest BCUT2D eigenvalue weighted by atomic mass is 32.2. The first kappa shape index (κ1) is 13.8. The van der Waals surface area contributed by atoms with E-state index in [0.717, 1.165) is 21.6 Å². The number of rotatable bonds is 4. The molecule has 0 radical (unpaired) electrons. The highest BCUT2D eigenvalue weighted by Gasteiger charge is 2.18. The summed E-state index contributed by atoms with van der Waals surface area (Å²) in [7, 11) is 0. The van der Waals surface area contributed by atoms with Crippen molar-refractivity contribution < 1.29 is 4.79 Å². The Kier molecular flexibility index (Phi) is 4.38. The largest absolute Gasteiger partial charge is 0.293 e. The molecule has 1 atom stereocenters. The van der Waals surface area contributed by atoms with Gasteiger partial charge in [-0.25, -0.2) is 0 Å². The van der Waals surface area contributed by atoms with Gasteiger partial charge in [-0.1, -0.05) is 17.7 Å². The molecule has 1 aromatic carbocycles. The van der Waals surface area contributed by atoms with E-state index in [9.17, 15) is 4.79 Å². The van der Waals surface area contributed by atoms with Crippen molar-refractivity contribution in [1.82, 2.24) is 4.98 Å². The lowest BCUT2D eigenvalue weighted by atomic mass is 10.0. The molecule has 0 amide bonds. The summed E-state index contributed by atoms with van der Waals surface area (Å²) in [5.41, 5.74) is 2.99. The number of thioether (sulfide) groups is 1. The van der Waals surface area contributed by atoms with Crippen LogP contribution in [0.3, 0.4) is 0 Å². The molecule has 3 heteroatoms. The van der Waals surface area contributed by atoms with Crippen molar-refractivity contribution in [2.24, 2.45) is 0 Å². The van der Waals surface area contributed by atoms with Crippen molar-refractivity contribution in [3.8, 4) is 0 Å². The van der Waals surface area contributed by atoms with Crippen LogP contribution in [0.1, 0.15) is 28.4 Å². The molecule has 2 rings (SSSR count). The molecule has 0 fully saturated rings. The Bertz CT molecular complexity index is 581. The SMILES string of the molecule is Cc1ccc(C)c(C(=O)C(C)Sc2ccncc2)c1. The monoisotopic (exact) mass is 271 g/mol. The molecule has 1 aromatic heterocycles. The van der Waals surface area contributed by atoms with Crippen molar-refractivity contribution >= 4 is 17.5 Å². The number of nitrogens with zero attached hydrogens (tertiary/aromatic N) is 1. The molecule has 0 spiro atoms. The molecular weight excluding hydrogens is 254 g/mol. The normalized spacial score (nSPS) is 12.2. The third kappa shape index (κ3) is 3.44. The van der Waals surface area contributed by atoms with Gasteiger partial charge in [0.05, 0.1) is 5.25 Å². The highest BCUT2D eigenvalue weighted by Crippen LogP contribution is 2.26. The summed E-state index contributed by atoms with van der Waals surface area (Å²) >= 11 is 1.57. The molecule has 19 heavy (non-hydrogen) atoms. The van der Waals surface area contributed by atoms with Crippen molar-refractivity contribution in [3.63, 3.8) is 0 Å². The van der Waals surface area contributed by atoms with Crippen LogP contribution in [0.15, 0.2) is 47.6 Å². The molecule has 2 aromatic rings. The maximum atomic E-state index is 12.5. The first-order valence-electron chi connectivity index (χ1n) is 6.26. The molecule has 98 valence electrons. The summed E-state index contributed by atoms with van der Waals surface area (Å²) in [6.07, 6.45) is 3.49.